The average Bonchev–Trinajstić information content (AvgIpc) is 3.16. The lowest BCUT2D eigenvalue weighted by Gasteiger charge is -2.32. The molecule has 0 aliphatic carbocycles. The van der Waals surface area contributed by atoms with Crippen molar-refractivity contribution >= 4 is 16.9 Å². The Bertz CT molecular complexity index is 1090. The van der Waals surface area contributed by atoms with Crippen LogP contribution < -0.4 is 5.73 Å². The first-order chi connectivity index (χ1) is 13.6. The number of nitrogen functional groups attached to an aromatic ring is 1. The van der Waals surface area contributed by atoms with E-state index in [1.165, 1.54) is 6.92 Å². The number of halogens is 3. The number of aliphatic hydroxyl groups is 3. The van der Waals surface area contributed by atoms with E-state index in [2.05, 4.69) is 9.97 Å². The summed E-state index contributed by atoms with van der Waals surface area (Å²) in [4.78, 5) is 7.64. The Morgan fingerprint density at radius 2 is 1.83 bits per heavy atom. The van der Waals surface area contributed by atoms with Crippen LogP contribution in [0.25, 0.3) is 11.0 Å². The molecule has 3 heterocycles. The molecule has 8 nitrogen and oxygen atoms in total. The van der Waals surface area contributed by atoms with Gasteiger partial charge in [-0.25, -0.2) is 23.1 Å². The molecule has 0 amide bonds. The zero-order chi connectivity index (χ0) is 21.1. The van der Waals surface area contributed by atoms with Crippen LogP contribution in [-0.2, 0) is 10.3 Å². The predicted molar refractivity (Wildman–Crippen MR) is 93.8 cm³/mol. The summed E-state index contributed by atoms with van der Waals surface area (Å²) in [6.07, 6.45) is -3.95. The number of rotatable bonds is 3. The van der Waals surface area contributed by atoms with Crippen LogP contribution in [0, 0.1) is 17.5 Å². The van der Waals surface area contributed by atoms with E-state index >= 15 is 0 Å². The molecule has 3 aromatic rings. The molecular formula is C18H17F3N4O4. The highest BCUT2D eigenvalue weighted by Gasteiger charge is 2.52. The summed E-state index contributed by atoms with van der Waals surface area (Å²) >= 11 is 0. The standard InChI is InChI=1S/C18H17F3N4O4/c1-18(28,7-2-3-8(19)9(20)4-7)14-12(26)13(27)17(29-14)25-5-10(21)11-15(22)23-6-24-16(11)25/h2-6,12-14,17,26-28H,1H3,(H2,22,23,24)/t12-,13+,14-,17+,18+/m0/s1. The summed E-state index contributed by atoms with van der Waals surface area (Å²) in [6, 6.07) is 2.72. The molecule has 0 saturated carbocycles. The van der Waals surface area contributed by atoms with Crippen LogP contribution in [0.15, 0.2) is 30.7 Å². The number of anilines is 1. The molecule has 1 aliphatic rings. The summed E-state index contributed by atoms with van der Waals surface area (Å²) in [5.41, 5.74) is 3.59. The van der Waals surface area contributed by atoms with Crippen molar-refractivity contribution in [3.05, 3.63) is 53.7 Å². The third-order valence-corrected chi connectivity index (χ3v) is 5.16. The van der Waals surface area contributed by atoms with Crippen LogP contribution in [-0.4, -0.2) is 48.2 Å². The molecule has 0 radical (unpaired) electrons. The van der Waals surface area contributed by atoms with Gasteiger partial charge in [-0.1, -0.05) is 6.07 Å². The average molecular weight is 410 g/mol. The quantitative estimate of drug-likeness (QED) is 0.507. The lowest BCUT2D eigenvalue weighted by Crippen LogP contribution is -2.45. The smallest absolute Gasteiger partial charge is 0.164 e. The maximum absolute atomic E-state index is 14.3. The molecular weight excluding hydrogens is 393 g/mol. The molecule has 0 bridgehead atoms. The van der Waals surface area contributed by atoms with Crippen LogP contribution >= 0.6 is 0 Å². The number of ether oxygens (including phenoxy) is 1. The first-order valence-electron chi connectivity index (χ1n) is 8.59. The monoisotopic (exact) mass is 410 g/mol. The Kier molecular flexibility index (Phi) is 4.50. The highest BCUT2D eigenvalue weighted by Crippen LogP contribution is 2.41. The topological polar surface area (TPSA) is 127 Å². The van der Waals surface area contributed by atoms with Gasteiger partial charge >= 0.3 is 0 Å². The first kappa shape index (κ1) is 19.6. The van der Waals surface area contributed by atoms with Crippen LogP contribution in [0.3, 0.4) is 0 Å². The third kappa shape index (κ3) is 2.94. The molecule has 11 heteroatoms. The Labute approximate surface area is 162 Å². The first-order valence-corrected chi connectivity index (χ1v) is 8.59. The number of hydrogen-bond donors (Lipinski definition) is 4. The minimum atomic E-state index is -2.01. The number of aromatic nitrogens is 3. The van der Waals surface area contributed by atoms with Gasteiger partial charge in [0.05, 0.1) is 5.39 Å². The van der Waals surface area contributed by atoms with Crippen LogP contribution in [0.1, 0.15) is 18.7 Å². The van der Waals surface area contributed by atoms with Crippen molar-refractivity contribution in [2.75, 3.05) is 5.73 Å². The maximum Gasteiger partial charge on any atom is 0.164 e. The molecule has 5 atom stereocenters. The van der Waals surface area contributed by atoms with Gasteiger partial charge in [0.25, 0.3) is 0 Å². The fraction of sp³-hybridized carbons (Fsp3) is 0.333. The normalized spacial score (nSPS) is 26.7. The van der Waals surface area contributed by atoms with Gasteiger partial charge in [0.1, 0.15) is 36.1 Å². The summed E-state index contributed by atoms with van der Waals surface area (Å²) < 4.78 is 47.9. The van der Waals surface area contributed by atoms with Crippen molar-refractivity contribution in [2.24, 2.45) is 0 Å². The zero-order valence-corrected chi connectivity index (χ0v) is 15.0. The van der Waals surface area contributed by atoms with E-state index in [4.69, 9.17) is 10.5 Å². The van der Waals surface area contributed by atoms with Gasteiger partial charge < -0.3 is 30.4 Å². The van der Waals surface area contributed by atoms with Gasteiger partial charge in [0, 0.05) is 6.20 Å². The van der Waals surface area contributed by atoms with Crippen molar-refractivity contribution in [1.82, 2.24) is 14.5 Å². The van der Waals surface area contributed by atoms with Gasteiger partial charge in [-0.05, 0) is 24.6 Å². The van der Waals surface area contributed by atoms with Crippen LogP contribution in [0.5, 0.6) is 0 Å². The molecule has 0 spiro atoms. The molecule has 154 valence electrons. The van der Waals surface area contributed by atoms with E-state index < -0.39 is 47.6 Å². The minimum absolute atomic E-state index is 0.0133. The van der Waals surface area contributed by atoms with Crippen molar-refractivity contribution in [3.8, 4) is 0 Å². The van der Waals surface area contributed by atoms with E-state index in [0.29, 0.717) is 0 Å². The molecule has 0 unspecified atom stereocenters. The van der Waals surface area contributed by atoms with E-state index in [1.807, 2.05) is 0 Å². The van der Waals surface area contributed by atoms with Crippen molar-refractivity contribution in [2.45, 2.75) is 37.1 Å². The fourth-order valence-corrected chi connectivity index (χ4v) is 3.59. The molecule has 1 fully saturated rings. The highest BCUT2D eigenvalue weighted by atomic mass is 19.2. The van der Waals surface area contributed by atoms with E-state index in [-0.39, 0.29) is 22.4 Å². The van der Waals surface area contributed by atoms with Crippen molar-refractivity contribution in [1.29, 1.82) is 0 Å². The van der Waals surface area contributed by atoms with Gasteiger partial charge in [0.15, 0.2) is 29.3 Å². The second kappa shape index (κ2) is 6.66. The van der Waals surface area contributed by atoms with Gasteiger partial charge in [-0.3, -0.25) is 0 Å². The minimum Gasteiger partial charge on any atom is -0.387 e. The summed E-state index contributed by atoms with van der Waals surface area (Å²) in [5.74, 6) is -3.19. The molecule has 1 aliphatic heterocycles. The Morgan fingerprint density at radius 1 is 1.10 bits per heavy atom. The SMILES string of the molecule is C[C@@](O)(c1ccc(F)c(F)c1)[C@H]1O[C@@H](n2cc(F)c3c(N)ncnc32)[C@H](O)[C@@H]1O. The predicted octanol–water partition coefficient (Wildman–Crippen LogP) is 0.958. The lowest BCUT2D eigenvalue weighted by molar-refractivity contribution is -0.136. The van der Waals surface area contributed by atoms with Crippen molar-refractivity contribution < 1.29 is 33.2 Å². The number of aliphatic hydroxyl groups excluding tert-OH is 2. The second-order valence-corrected chi connectivity index (χ2v) is 7.05. The van der Waals surface area contributed by atoms with E-state index in [9.17, 15) is 28.5 Å². The molecule has 1 saturated heterocycles. The van der Waals surface area contributed by atoms with E-state index in [1.54, 1.807) is 0 Å². The molecule has 4 rings (SSSR count). The lowest BCUT2D eigenvalue weighted by atomic mass is 9.86. The second-order valence-electron chi connectivity index (χ2n) is 7.05. The molecule has 29 heavy (non-hydrogen) atoms. The number of nitrogens with two attached hydrogens (primary N) is 1. The summed E-state index contributed by atoms with van der Waals surface area (Å²) in [5, 5.41) is 31.8. The summed E-state index contributed by atoms with van der Waals surface area (Å²) in [7, 11) is 0. The maximum atomic E-state index is 14.3. The van der Waals surface area contributed by atoms with Gasteiger partial charge in [-0.2, -0.15) is 0 Å². The molecule has 5 N–H and O–H groups in total. The van der Waals surface area contributed by atoms with Gasteiger partial charge in [0.2, 0.25) is 0 Å². The van der Waals surface area contributed by atoms with Crippen molar-refractivity contribution in [3.63, 3.8) is 0 Å². The molecule has 1 aromatic carbocycles. The number of hydrogen-bond acceptors (Lipinski definition) is 7. The Hall–Kier alpha value is -2.73. The van der Waals surface area contributed by atoms with Crippen LogP contribution in [0.2, 0.25) is 0 Å². The number of benzene rings is 1. The van der Waals surface area contributed by atoms with Gasteiger partial charge in [-0.15, -0.1) is 0 Å². The third-order valence-electron chi connectivity index (χ3n) is 5.16. The van der Waals surface area contributed by atoms with E-state index in [0.717, 1.165) is 35.3 Å². The number of fused-ring (bicyclic) bond motifs is 1. The zero-order valence-electron chi connectivity index (χ0n) is 15.0. The van der Waals surface area contributed by atoms with Crippen LogP contribution in [0.4, 0.5) is 19.0 Å². The molecule has 2 aromatic heterocycles. The fourth-order valence-electron chi connectivity index (χ4n) is 3.59. The largest absolute Gasteiger partial charge is 0.387 e. The Balaban J connectivity index is 1.73. The number of nitrogens with zero attached hydrogens (tertiary/aromatic N) is 3. The summed E-state index contributed by atoms with van der Waals surface area (Å²) in [6.45, 7) is 1.22. The Morgan fingerprint density at radius 3 is 2.52 bits per heavy atom. The highest BCUT2D eigenvalue weighted by molar-refractivity contribution is 5.86.